The Morgan fingerprint density at radius 2 is 1.07 bits per heavy atom. The fourth-order valence-electron chi connectivity index (χ4n) is 5.24. The smallest absolute Gasteiger partial charge is 0.262 e. The van der Waals surface area contributed by atoms with Gasteiger partial charge in [-0.05, 0) is 109 Å². The summed E-state index contributed by atoms with van der Waals surface area (Å²) in [5, 5.41) is 0.760. The zero-order valence-electron chi connectivity index (χ0n) is 35.1. The van der Waals surface area contributed by atoms with Crippen molar-refractivity contribution in [3.05, 3.63) is 142 Å². The third-order valence-corrected chi connectivity index (χ3v) is 13.0. The largest absolute Gasteiger partial charge is 0.435 e. The fraction of sp³-hybridized carbons (Fsp3) is 0.273. The number of hydrogen-bond acceptors (Lipinski definition) is 11. The van der Waals surface area contributed by atoms with Gasteiger partial charge in [0.05, 0.1) is 36.9 Å². The van der Waals surface area contributed by atoms with Gasteiger partial charge in [0.1, 0.15) is 5.69 Å². The van der Waals surface area contributed by atoms with Crippen molar-refractivity contribution >= 4 is 64.3 Å². The maximum atomic E-state index is 13.0. The summed E-state index contributed by atoms with van der Waals surface area (Å²) in [6.07, 6.45) is 8.16. The standard InChI is InChI=1S/C22H24ClN3O3S.C11H10ClN3O.C11H15ClO2S/c1-5-22(3,4)16-8-10-18(11-9-16)30(27,28)26-19-13-17(23)14-25-21(19)29-20-7-6-12-24-15(20)2;1-7-10(3-2-4-14-7)16-11-9(13)5-8(12)6-15-11;1-4-11(2,3)9-5-7-10(8-6-9)15(12,13)14/h6-14,26H,5H2,1-4H3;2-6H,13H2,1H3;5-8H,4H2,1-3H3. The highest BCUT2D eigenvalue weighted by Crippen LogP contribution is 2.34. The second kappa shape index (κ2) is 20.7. The molecule has 6 aromatic rings. The average Bonchev–Trinajstić information content (AvgIpc) is 3.21. The molecule has 0 aliphatic carbocycles. The molecule has 0 unspecified atom stereocenters. The molecule has 0 atom stereocenters. The molecule has 4 heterocycles. The number of hydrogen-bond donors (Lipinski definition) is 2. The maximum Gasteiger partial charge on any atom is 0.262 e. The molecule has 3 N–H and O–H groups in total. The van der Waals surface area contributed by atoms with Gasteiger partial charge in [0.25, 0.3) is 19.1 Å². The van der Waals surface area contributed by atoms with Crippen LogP contribution in [0.4, 0.5) is 11.4 Å². The number of halogens is 3. The molecule has 0 bridgehead atoms. The minimum atomic E-state index is -3.87. The second-order valence-corrected chi connectivity index (χ2v) is 20.1. The first-order valence-corrected chi connectivity index (χ1v) is 23.5. The minimum Gasteiger partial charge on any atom is -0.435 e. The normalized spacial score (nSPS) is 11.7. The number of sulfonamides is 1. The number of nitrogens with one attached hydrogen (secondary N) is 1. The van der Waals surface area contributed by atoms with E-state index in [0.717, 1.165) is 29.7 Å². The first-order valence-electron chi connectivity index (χ1n) is 19.0. The Bertz CT molecular complexity index is 2650. The maximum absolute atomic E-state index is 13.0. The molecule has 324 valence electrons. The van der Waals surface area contributed by atoms with Crippen molar-refractivity contribution in [2.75, 3.05) is 10.5 Å². The summed E-state index contributed by atoms with van der Waals surface area (Å²) in [6, 6.07) is 23.7. The van der Waals surface area contributed by atoms with Crippen molar-refractivity contribution in [2.45, 2.75) is 88.9 Å². The highest BCUT2D eigenvalue weighted by atomic mass is 35.7. The minimum absolute atomic E-state index is 0.0326. The number of aromatic nitrogens is 4. The number of nitrogens with two attached hydrogens (primary N) is 1. The molecular formula is C44H49Cl3N6O6S2. The van der Waals surface area contributed by atoms with E-state index in [9.17, 15) is 16.8 Å². The van der Waals surface area contributed by atoms with Crippen molar-refractivity contribution in [1.29, 1.82) is 0 Å². The molecule has 0 aliphatic heterocycles. The van der Waals surface area contributed by atoms with Gasteiger partial charge in [0.15, 0.2) is 11.5 Å². The van der Waals surface area contributed by atoms with E-state index in [0.29, 0.717) is 33.8 Å². The van der Waals surface area contributed by atoms with Gasteiger partial charge in [-0.25, -0.2) is 26.8 Å². The lowest BCUT2D eigenvalue weighted by atomic mass is 9.82. The van der Waals surface area contributed by atoms with Crippen molar-refractivity contribution in [1.82, 2.24) is 19.9 Å². The van der Waals surface area contributed by atoms with E-state index in [1.807, 2.05) is 31.2 Å². The van der Waals surface area contributed by atoms with Crippen molar-refractivity contribution in [3.63, 3.8) is 0 Å². The Kier molecular flexibility index (Phi) is 16.5. The van der Waals surface area contributed by atoms with Crippen LogP contribution in [0, 0.1) is 13.8 Å². The number of nitrogens with zero attached hydrogens (tertiary/aromatic N) is 4. The number of anilines is 2. The lowest BCUT2D eigenvalue weighted by molar-refractivity contribution is 0.459. The first-order chi connectivity index (χ1) is 28.6. The van der Waals surface area contributed by atoms with Crippen LogP contribution in [-0.4, -0.2) is 36.8 Å². The monoisotopic (exact) mass is 926 g/mol. The quantitative estimate of drug-likeness (QED) is 0.112. The topological polar surface area (TPSA) is 176 Å². The molecule has 0 radical (unpaired) electrons. The number of nitrogen functional groups attached to an aromatic ring is 1. The Labute approximate surface area is 373 Å². The van der Waals surface area contributed by atoms with Gasteiger partial charge in [-0.1, -0.05) is 89.0 Å². The predicted octanol–water partition coefficient (Wildman–Crippen LogP) is 11.8. The molecule has 12 nitrogen and oxygen atoms in total. The lowest BCUT2D eigenvalue weighted by Gasteiger charge is -2.23. The Morgan fingerprint density at radius 3 is 1.49 bits per heavy atom. The van der Waals surface area contributed by atoms with E-state index in [-0.39, 0.29) is 37.2 Å². The van der Waals surface area contributed by atoms with Gasteiger partial charge < -0.3 is 15.2 Å². The Balaban J connectivity index is 0.000000222. The van der Waals surface area contributed by atoms with Crippen LogP contribution in [0.25, 0.3) is 0 Å². The van der Waals surface area contributed by atoms with E-state index in [4.69, 9.17) is 49.1 Å². The van der Waals surface area contributed by atoms with Crippen LogP contribution in [0.5, 0.6) is 23.3 Å². The van der Waals surface area contributed by atoms with Crippen LogP contribution in [0.3, 0.4) is 0 Å². The summed E-state index contributed by atoms with van der Waals surface area (Å²) in [6.45, 7) is 16.3. The Hall–Kier alpha value is -4.99. The van der Waals surface area contributed by atoms with Crippen LogP contribution in [-0.2, 0) is 29.9 Å². The molecular weight excluding hydrogens is 879 g/mol. The molecule has 0 amide bonds. The zero-order valence-corrected chi connectivity index (χ0v) is 39.0. The third-order valence-electron chi connectivity index (χ3n) is 9.87. The van der Waals surface area contributed by atoms with Gasteiger partial charge in [-0.15, -0.1) is 0 Å². The number of pyridine rings is 4. The van der Waals surface area contributed by atoms with Crippen LogP contribution >= 0.6 is 33.9 Å². The van der Waals surface area contributed by atoms with Crippen molar-refractivity contribution in [3.8, 4) is 23.3 Å². The highest BCUT2D eigenvalue weighted by Gasteiger charge is 2.23. The van der Waals surface area contributed by atoms with E-state index in [1.165, 1.54) is 18.5 Å². The van der Waals surface area contributed by atoms with Gasteiger partial charge >= 0.3 is 0 Å². The molecule has 6 rings (SSSR count). The van der Waals surface area contributed by atoms with Gasteiger partial charge in [0.2, 0.25) is 11.8 Å². The van der Waals surface area contributed by atoms with Gasteiger partial charge in [-0.2, -0.15) is 0 Å². The molecule has 0 aliphatic rings. The van der Waals surface area contributed by atoms with Crippen LogP contribution in [0.2, 0.25) is 10.0 Å². The summed E-state index contributed by atoms with van der Waals surface area (Å²) in [5.74, 6) is 1.52. The molecule has 4 aromatic heterocycles. The van der Waals surface area contributed by atoms with Crippen molar-refractivity contribution < 1.29 is 26.3 Å². The molecule has 0 spiro atoms. The molecule has 0 fully saturated rings. The van der Waals surface area contributed by atoms with Gasteiger partial charge in [-0.3, -0.25) is 14.7 Å². The second-order valence-electron chi connectivity index (χ2n) is 15.0. The molecule has 0 saturated carbocycles. The first kappa shape index (κ1) is 48.7. The highest BCUT2D eigenvalue weighted by molar-refractivity contribution is 8.13. The molecule has 0 saturated heterocycles. The van der Waals surface area contributed by atoms with E-state index >= 15 is 0 Å². The van der Waals surface area contributed by atoms with E-state index in [1.54, 1.807) is 73.9 Å². The summed E-state index contributed by atoms with van der Waals surface area (Å²) in [7, 11) is -2.24. The summed E-state index contributed by atoms with van der Waals surface area (Å²) in [4.78, 5) is 16.7. The van der Waals surface area contributed by atoms with Crippen LogP contribution < -0.4 is 19.9 Å². The predicted molar refractivity (Wildman–Crippen MR) is 244 cm³/mol. The zero-order chi connectivity index (χ0) is 45.2. The molecule has 61 heavy (non-hydrogen) atoms. The Morgan fingerprint density at radius 1 is 0.639 bits per heavy atom. The van der Waals surface area contributed by atoms with Crippen LogP contribution in [0.15, 0.2) is 120 Å². The average molecular weight is 928 g/mol. The summed E-state index contributed by atoms with van der Waals surface area (Å²) in [5.41, 5.74) is 9.92. The van der Waals surface area contributed by atoms with Gasteiger partial charge in [0, 0.05) is 35.5 Å². The number of ether oxygens (including phenoxy) is 2. The third kappa shape index (κ3) is 13.8. The number of rotatable bonds is 12. The lowest BCUT2D eigenvalue weighted by Crippen LogP contribution is -2.17. The van der Waals surface area contributed by atoms with E-state index in [2.05, 4.69) is 66.2 Å². The molecule has 2 aromatic carbocycles. The SMILES string of the molecule is CCC(C)(C)c1ccc(S(=O)(=O)Cl)cc1.CCC(C)(C)c1ccc(S(=O)(=O)Nc2cc(Cl)cnc2Oc2cccnc2C)cc1.Cc1ncccc1Oc1ncc(Cl)cc1N. The molecule has 17 heteroatoms. The van der Waals surface area contributed by atoms with E-state index < -0.39 is 19.1 Å². The number of aryl methyl sites for hydroxylation is 2. The van der Waals surface area contributed by atoms with Crippen LogP contribution in [0.1, 0.15) is 76.9 Å². The van der Waals surface area contributed by atoms with Crippen molar-refractivity contribution in [2.24, 2.45) is 0 Å². The fourth-order valence-corrected chi connectivity index (χ4v) is 7.38. The summed E-state index contributed by atoms with van der Waals surface area (Å²) >= 11 is 11.8. The number of benzene rings is 2. The summed E-state index contributed by atoms with van der Waals surface area (Å²) < 4.78 is 61.9.